The van der Waals surface area contributed by atoms with Crippen molar-refractivity contribution in [3.8, 4) is 0 Å². The predicted molar refractivity (Wildman–Crippen MR) is 59.6 cm³/mol. The van der Waals surface area contributed by atoms with E-state index in [9.17, 15) is 4.79 Å². The van der Waals surface area contributed by atoms with Crippen molar-refractivity contribution in [3.63, 3.8) is 0 Å². The number of hydrogen-bond donors (Lipinski definition) is 2. The van der Waals surface area contributed by atoms with Gasteiger partial charge in [-0.05, 0) is 45.3 Å². The van der Waals surface area contributed by atoms with Crippen molar-refractivity contribution in [3.05, 3.63) is 0 Å². The highest BCUT2D eigenvalue weighted by Gasteiger charge is 2.26. The van der Waals surface area contributed by atoms with Gasteiger partial charge in [0, 0.05) is 12.6 Å². The number of carbonyl (C=O) groups excluding carboxylic acids is 1. The molecule has 2 aliphatic rings. The number of nitrogens with zero attached hydrogens (tertiary/aromatic N) is 1. The molecule has 4 heteroatoms. The molecule has 15 heavy (non-hydrogen) atoms. The Morgan fingerprint density at radius 2 is 2.20 bits per heavy atom. The molecule has 0 radical (unpaired) electrons. The van der Waals surface area contributed by atoms with Crippen LogP contribution < -0.4 is 10.6 Å². The number of hydrogen-bond acceptors (Lipinski definition) is 3. The maximum Gasteiger partial charge on any atom is 0.234 e. The van der Waals surface area contributed by atoms with E-state index in [2.05, 4.69) is 15.5 Å². The van der Waals surface area contributed by atoms with E-state index in [1.54, 1.807) is 0 Å². The van der Waals surface area contributed by atoms with Crippen LogP contribution in [0.4, 0.5) is 0 Å². The summed E-state index contributed by atoms with van der Waals surface area (Å²) in [5.41, 5.74) is 0. The maximum atomic E-state index is 11.5. The highest BCUT2D eigenvalue weighted by molar-refractivity contribution is 5.78. The van der Waals surface area contributed by atoms with E-state index >= 15 is 0 Å². The van der Waals surface area contributed by atoms with Crippen molar-refractivity contribution >= 4 is 5.91 Å². The van der Waals surface area contributed by atoms with Crippen LogP contribution in [-0.2, 0) is 4.79 Å². The first kappa shape index (κ1) is 10.9. The number of amides is 1. The summed E-state index contributed by atoms with van der Waals surface area (Å²) < 4.78 is 0. The molecule has 1 saturated heterocycles. The molecular formula is C11H21N3O. The number of nitrogens with one attached hydrogen (secondary N) is 2. The molecule has 1 amide bonds. The van der Waals surface area contributed by atoms with E-state index in [0.29, 0.717) is 12.6 Å². The minimum atomic E-state index is 0.211. The van der Waals surface area contributed by atoms with Crippen LogP contribution >= 0.6 is 0 Å². The Balaban J connectivity index is 1.64. The summed E-state index contributed by atoms with van der Waals surface area (Å²) in [6, 6.07) is 0.494. The van der Waals surface area contributed by atoms with Crippen LogP contribution in [0.1, 0.15) is 19.3 Å². The minimum absolute atomic E-state index is 0.211. The second-order valence-corrected chi connectivity index (χ2v) is 4.79. The van der Waals surface area contributed by atoms with Crippen molar-refractivity contribution in [1.29, 1.82) is 0 Å². The van der Waals surface area contributed by atoms with Gasteiger partial charge in [0.25, 0.3) is 0 Å². The van der Waals surface area contributed by atoms with Crippen LogP contribution in [0, 0.1) is 5.92 Å². The summed E-state index contributed by atoms with van der Waals surface area (Å²) in [5, 5.41) is 6.23. The van der Waals surface area contributed by atoms with Gasteiger partial charge in [-0.3, -0.25) is 9.69 Å². The van der Waals surface area contributed by atoms with Gasteiger partial charge >= 0.3 is 0 Å². The van der Waals surface area contributed by atoms with Gasteiger partial charge in [0.1, 0.15) is 0 Å². The van der Waals surface area contributed by atoms with Gasteiger partial charge in [-0.15, -0.1) is 0 Å². The monoisotopic (exact) mass is 211 g/mol. The lowest BCUT2D eigenvalue weighted by atomic mass is 10.1. The van der Waals surface area contributed by atoms with E-state index in [1.165, 1.54) is 19.3 Å². The SMILES string of the molecule is CNCC1CCN(CC(=O)NC2CC2)C1. The Hall–Kier alpha value is -0.610. The molecule has 1 aliphatic carbocycles. The lowest BCUT2D eigenvalue weighted by Gasteiger charge is -2.15. The Bertz CT molecular complexity index is 228. The highest BCUT2D eigenvalue weighted by atomic mass is 16.2. The third kappa shape index (κ3) is 3.47. The second-order valence-electron chi connectivity index (χ2n) is 4.79. The lowest BCUT2D eigenvalue weighted by Crippen LogP contribution is -2.37. The van der Waals surface area contributed by atoms with E-state index in [1.807, 2.05) is 7.05 Å². The van der Waals surface area contributed by atoms with E-state index in [-0.39, 0.29) is 5.91 Å². The smallest absolute Gasteiger partial charge is 0.234 e. The molecule has 2 rings (SSSR count). The van der Waals surface area contributed by atoms with Crippen molar-refractivity contribution in [1.82, 2.24) is 15.5 Å². The Kier molecular flexibility index (Phi) is 3.59. The van der Waals surface area contributed by atoms with Gasteiger partial charge < -0.3 is 10.6 Å². The zero-order valence-corrected chi connectivity index (χ0v) is 9.46. The molecule has 1 atom stereocenters. The normalized spacial score (nSPS) is 26.9. The van der Waals surface area contributed by atoms with Crippen LogP contribution in [0.15, 0.2) is 0 Å². The Morgan fingerprint density at radius 1 is 1.40 bits per heavy atom. The van der Waals surface area contributed by atoms with E-state index < -0.39 is 0 Å². The molecule has 0 bridgehead atoms. The second kappa shape index (κ2) is 4.94. The number of rotatable bonds is 5. The zero-order chi connectivity index (χ0) is 10.7. The highest BCUT2D eigenvalue weighted by Crippen LogP contribution is 2.19. The van der Waals surface area contributed by atoms with Gasteiger partial charge in [-0.2, -0.15) is 0 Å². The van der Waals surface area contributed by atoms with Crippen LogP contribution in [-0.4, -0.2) is 50.1 Å². The molecule has 0 aromatic carbocycles. The fourth-order valence-electron chi connectivity index (χ4n) is 2.22. The molecule has 0 aromatic heterocycles. The molecule has 1 saturated carbocycles. The van der Waals surface area contributed by atoms with E-state index in [4.69, 9.17) is 0 Å². The molecule has 2 fully saturated rings. The fraction of sp³-hybridized carbons (Fsp3) is 0.909. The quantitative estimate of drug-likeness (QED) is 0.662. The van der Waals surface area contributed by atoms with Crippen molar-refractivity contribution in [2.24, 2.45) is 5.92 Å². The fourth-order valence-corrected chi connectivity index (χ4v) is 2.22. The third-order valence-electron chi connectivity index (χ3n) is 3.17. The van der Waals surface area contributed by atoms with Crippen LogP contribution in [0.5, 0.6) is 0 Å². The van der Waals surface area contributed by atoms with Crippen molar-refractivity contribution < 1.29 is 4.79 Å². The summed E-state index contributed by atoms with van der Waals surface area (Å²) in [4.78, 5) is 13.8. The summed E-state index contributed by atoms with van der Waals surface area (Å²) >= 11 is 0. The number of carbonyl (C=O) groups is 1. The topological polar surface area (TPSA) is 44.4 Å². The molecular weight excluding hydrogens is 190 g/mol. The predicted octanol–water partition coefficient (Wildman–Crippen LogP) is -0.194. The van der Waals surface area contributed by atoms with E-state index in [0.717, 1.165) is 25.6 Å². The van der Waals surface area contributed by atoms with Crippen molar-refractivity contribution in [2.45, 2.75) is 25.3 Å². The van der Waals surface area contributed by atoms with Gasteiger partial charge in [0.15, 0.2) is 0 Å². The molecule has 86 valence electrons. The summed E-state index contributed by atoms with van der Waals surface area (Å²) in [6.07, 6.45) is 3.57. The molecule has 1 unspecified atom stereocenters. The molecule has 2 N–H and O–H groups in total. The zero-order valence-electron chi connectivity index (χ0n) is 9.46. The van der Waals surface area contributed by atoms with Gasteiger partial charge in [0.05, 0.1) is 6.54 Å². The average molecular weight is 211 g/mol. The molecule has 0 aromatic rings. The first-order valence-corrected chi connectivity index (χ1v) is 5.94. The van der Waals surface area contributed by atoms with Crippen LogP contribution in [0.2, 0.25) is 0 Å². The summed E-state index contributed by atoms with van der Waals surface area (Å²) in [5.74, 6) is 0.936. The van der Waals surface area contributed by atoms with Crippen LogP contribution in [0.25, 0.3) is 0 Å². The van der Waals surface area contributed by atoms with Crippen molar-refractivity contribution in [2.75, 3.05) is 33.2 Å². The molecule has 1 aliphatic heterocycles. The van der Waals surface area contributed by atoms with Gasteiger partial charge in [-0.1, -0.05) is 0 Å². The minimum Gasteiger partial charge on any atom is -0.352 e. The Labute approximate surface area is 91.4 Å². The first-order chi connectivity index (χ1) is 7.28. The average Bonchev–Trinajstić information content (AvgIpc) is 2.88. The van der Waals surface area contributed by atoms with Gasteiger partial charge in [-0.25, -0.2) is 0 Å². The standard InChI is InChI=1S/C11H21N3O/c1-12-6-9-4-5-14(7-9)8-11(15)13-10-2-3-10/h9-10,12H,2-8H2,1H3,(H,13,15). The molecule has 0 spiro atoms. The third-order valence-corrected chi connectivity index (χ3v) is 3.17. The Morgan fingerprint density at radius 3 is 2.87 bits per heavy atom. The largest absolute Gasteiger partial charge is 0.352 e. The number of likely N-dealkylation sites (tertiary alicyclic amines) is 1. The van der Waals surface area contributed by atoms with Gasteiger partial charge in [0.2, 0.25) is 5.91 Å². The lowest BCUT2D eigenvalue weighted by molar-refractivity contribution is -0.122. The van der Waals surface area contributed by atoms with Crippen LogP contribution in [0.3, 0.4) is 0 Å². The molecule has 1 heterocycles. The molecule has 4 nitrogen and oxygen atoms in total. The maximum absolute atomic E-state index is 11.5. The summed E-state index contributed by atoms with van der Waals surface area (Å²) in [7, 11) is 1.99. The first-order valence-electron chi connectivity index (χ1n) is 5.94. The summed E-state index contributed by atoms with van der Waals surface area (Å²) in [6.45, 7) is 3.81.